The summed E-state index contributed by atoms with van der Waals surface area (Å²) >= 11 is 0. The van der Waals surface area contributed by atoms with E-state index in [1.165, 1.54) is 12.1 Å². The number of nitrogens with zero attached hydrogens (tertiary/aromatic N) is 1. The number of nitro groups is 1. The lowest BCUT2D eigenvalue weighted by molar-refractivity contribution is -0.384. The zero-order valence-electron chi connectivity index (χ0n) is 13.9. The molecule has 0 radical (unpaired) electrons. The van der Waals surface area contributed by atoms with Crippen LogP contribution in [0.5, 0.6) is 0 Å². The summed E-state index contributed by atoms with van der Waals surface area (Å²) in [6.45, 7) is -0.104. The van der Waals surface area contributed by atoms with Crippen LogP contribution in [0.2, 0.25) is 0 Å². The van der Waals surface area contributed by atoms with Crippen LogP contribution < -0.4 is 5.32 Å². The molecule has 0 saturated carbocycles. The minimum absolute atomic E-state index is 0.104. The van der Waals surface area contributed by atoms with Gasteiger partial charge in [0, 0.05) is 24.2 Å². The third-order valence-corrected chi connectivity index (χ3v) is 3.55. The van der Waals surface area contributed by atoms with E-state index in [0.29, 0.717) is 5.56 Å². The van der Waals surface area contributed by atoms with Crippen LogP contribution in [0.3, 0.4) is 0 Å². The highest BCUT2D eigenvalue weighted by atomic mass is 19.4. The Kier molecular flexibility index (Phi) is 5.78. The number of non-ortho nitro benzene ring substituents is 1. The van der Waals surface area contributed by atoms with Gasteiger partial charge in [0.1, 0.15) is 0 Å². The van der Waals surface area contributed by atoms with Crippen LogP contribution in [0.4, 0.5) is 18.9 Å². The largest absolute Gasteiger partial charge is 0.465 e. The molecule has 0 saturated heterocycles. The lowest BCUT2D eigenvalue weighted by atomic mass is 10.1. The zero-order chi connectivity index (χ0) is 20.2. The summed E-state index contributed by atoms with van der Waals surface area (Å²) in [6, 6.07) is 7.25. The third kappa shape index (κ3) is 5.03. The number of halogens is 3. The van der Waals surface area contributed by atoms with Crippen molar-refractivity contribution in [2.75, 3.05) is 7.11 Å². The Balaban J connectivity index is 2.16. The molecule has 0 aliphatic rings. The lowest BCUT2D eigenvalue weighted by Crippen LogP contribution is -2.23. The topological polar surface area (TPSA) is 98.5 Å². The molecule has 0 fully saturated rings. The molecule has 2 aromatic rings. The second-order valence-corrected chi connectivity index (χ2v) is 5.39. The van der Waals surface area contributed by atoms with Crippen LogP contribution in [-0.2, 0) is 17.5 Å². The maximum Gasteiger partial charge on any atom is 0.416 e. The van der Waals surface area contributed by atoms with E-state index in [-0.39, 0.29) is 17.7 Å². The van der Waals surface area contributed by atoms with E-state index in [0.717, 1.165) is 37.4 Å². The summed E-state index contributed by atoms with van der Waals surface area (Å²) in [5, 5.41) is 13.4. The standard InChI is InChI=1S/C17H13F3N2O5/c1-27-16(24)12-6-11(7-14(8-12)22(25)26)15(23)21-9-10-2-4-13(5-3-10)17(18,19)20/h2-8H,9H2,1H3,(H,21,23). The van der Waals surface area contributed by atoms with Gasteiger partial charge in [0.2, 0.25) is 0 Å². The fourth-order valence-electron chi connectivity index (χ4n) is 2.18. The SMILES string of the molecule is COC(=O)c1cc(C(=O)NCc2ccc(C(F)(F)F)cc2)cc([N+](=O)[O-])c1. The summed E-state index contributed by atoms with van der Waals surface area (Å²) in [5.74, 6) is -1.58. The first-order valence-electron chi connectivity index (χ1n) is 7.44. The van der Waals surface area contributed by atoms with Crippen molar-refractivity contribution >= 4 is 17.6 Å². The van der Waals surface area contributed by atoms with Crippen LogP contribution in [0.15, 0.2) is 42.5 Å². The number of amides is 1. The maximum atomic E-state index is 12.5. The summed E-state index contributed by atoms with van der Waals surface area (Å²) in [6.07, 6.45) is -4.46. The molecule has 142 valence electrons. The Morgan fingerprint density at radius 1 is 1.11 bits per heavy atom. The average molecular weight is 382 g/mol. The van der Waals surface area contributed by atoms with E-state index in [1.807, 2.05) is 0 Å². The molecule has 0 heterocycles. The molecule has 0 aliphatic heterocycles. The Labute approximate surface area is 150 Å². The number of benzene rings is 2. The highest BCUT2D eigenvalue weighted by Gasteiger charge is 2.29. The van der Waals surface area contributed by atoms with Gasteiger partial charge in [0.05, 0.1) is 23.2 Å². The molecule has 0 aromatic heterocycles. The Morgan fingerprint density at radius 3 is 2.22 bits per heavy atom. The summed E-state index contributed by atoms with van der Waals surface area (Å²) in [7, 11) is 1.09. The number of hydrogen-bond acceptors (Lipinski definition) is 5. The fourth-order valence-corrected chi connectivity index (χ4v) is 2.18. The van der Waals surface area contributed by atoms with Gasteiger partial charge < -0.3 is 10.1 Å². The first-order valence-corrected chi connectivity index (χ1v) is 7.44. The van der Waals surface area contributed by atoms with Gasteiger partial charge in [-0.25, -0.2) is 4.79 Å². The number of hydrogen-bond donors (Lipinski definition) is 1. The third-order valence-electron chi connectivity index (χ3n) is 3.55. The number of nitrogens with one attached hydrogen (secondary N) is 1. The average Bonchev–Trinajstić information content (AvgIpc) is 2.64. The maximum absolute atomic E-state index is 12.5. The molecule has 1 amide bonds. The molecule has 1 N–H and O–H groups in total. The minimum atomic E-state index is -4.46. The first-order chi connectivity index (χ1) is 12.6. The number of methoxy groups -OCH3 is 1. The van der Waals surface area contributed by atoms with Gasteiger partial charge in [-0.1, -0.05) is 12.1 Å². The molecule has 0 spiro atoms. The molecule has 2 rings (SSSR count). The molecule has 7 nitrogen and oxygen atoms in total. The van der Waals surface area contributed by atoms with Crippen molar-refractivity contribution < 1.29 is 32.4 Å². The number of alkyl halides is 3. The van der Waals surface area contributed by atoms with Crippen molar-refractivity contribution in [3.8, 4) is 0 Å². The summed E-state index contributed by atoms with van der Waals surface area (Å²) < 4.78 is 42.1. The van der Waals surface area contributed by atoms with Crippen LogP contribution in [-0.4, -0.2) is 23.9 Å². The molecule has 0 atom stereocenters. The van der Waals surface area contributed by atoms with E-state index >= 15 is 0 Å². The van der Waals surface area contributed by atoms with Crippen LogP contribution >= 0.6 is 0 Å². The lowest BCUT2D eigenvalue weighted by Gasteiger charge is -2.09. The molecule has 2 aromatic carbocycles. The van der Waals surface area contributed by atoms with Crippen molar-refractivity contribution in [2.45, 2.75) is 12.7 Å². The van der Waals surface area contributed by atoms with Crippen LogP contribution in [0.25, 0.3) is 0 Å². The van der Waals surface area contributed by atoms with Crippen molar-refractivity contribution in [3.05, 3.63) is 74.8 Å². The normalized spacial score (nSPS) is 11.0. The van der Waals surface area contributed by atoms with Crippen LogP contribution in [0, 0.1) is 10.1 Å². The highest BCUT2D eigenvalue weighted by Crippen LogP contribution is 2.29. The van der Waals surface area contributed by atoms with Gasteiger partial charge in [-0.15, -0.1) is 0 Å². The van der Waals surface area contributed by atoms with Crippen molar-refractivity contribution in [1.82, 2.24) is 5.32 Å². The monoisotopic (exact) mass is 382 g/mol. The van der Waals surface area contributed by atoms with Gasteiger partial charge in [-0.05, 0) is 23.8 Å². The predicted octanol–water partition coefficient (Wildman–Crippen LogP) is 3.33. The molecular weight excluding hydrogens is 369 g/mol. The molecule has 10 heteroatoms. The van der Waals surface area contributed by atoms with E-state index in [2.05, 4.69) is 10.1 Å². The highest BCUT2D eigenvalue weighted by molar-refractivity contribution is 5.98. The Morgan fingerprint density at radius 2 is 1.70 bits per heavy atom. The number of rotatable bonds is 5. The Bertz CT molecular complexity index is 879. The predicted molar refractivity (Wildman–Crippen MR) is 87.1 cm³/mol. The summed E-state index contributed by atoms with van der Waals surface area (Å²) in [5.41, 5.74) is -1.23. The number of nitro benzene ring substituents is 1. The molecule has 0 aliphatic carbocycles. The number of carbonyl (C=O) groups is 2. The molecule has 0 bridgehead atoms. The molecular formula is C17H13F3N2O5. The fraction of sp³-hybridized carbons (Fsp3) is 0.176. The van der Waals surface area contributed by atoms with E-state index in [9.17, 15) is 32.9 Å². The minimum Gasteiger partial charge on any atom is -0.465 e. The quantitative estimate of drug-likeness (QED) is 0.486. The second-order valence-electron chi connectivity index (χ2n) is 5.39. The smallest absolute Gasteiger partial charge is 0.416 e. The van der Waals surface area contributed by atoms with Gasteiger partial charge in [-0.2, -0.15) is 13.2 Å². The van der Waals surface area contributed by atoms with Crippen molar-refractivity contribution in [3.63, 3.8) is 0 Å². The van der Waals surface area contributed by atoms with Gasteiger partial charge in [-0.3, -0.25) is 14.9 Å². The van der Waals surface area contributed by atoms with E-state index < -0.39 is 34.2 Å². The van der Waals surface area contributed by atoms with E-state index in [1.54, 1.807) is 0 Å². The molecule has 0 unspecified atom stereocenters. The number of esters is 1. The van der Waals surface area contributed by atoms with E-state index in [4.69, 9.17) is 0 Å². The Hall–Kier alpha value is -3.43. The number of carbonyl (C=O) groups excluding carboxylic acids is 2. The van der Waals surface area contributed by atoms with Crippen molar-refractivity contribution in [2.24, 2.45) is 0 Å². The van der Waals surface area contributed by atoms with Crippen LogP contribution in [0.1, 0.15) is 31.8 Å². The summed E-state index contributed by atoms with van der Waals surface area (Å²) in [4.78, 5) is 34.0. The number of ether oxygens (including phenoxy) is 1. The first kappa shape index (κ1) is 19.9. The molecule has 27 heavy (non-hydrogen) atoms. The van der Waals surface area contributed by atoms with Gasteiger partial charge >= 0.3 is 12.1 Å². The van der Waals surface area contributed by atoms with Gasteiger partial charge in [0.25, 0.3) is 11.6 Å². The second kappa shape index (κ2) is 7.85. The van der Waals surface area contributed by atoms with Gasteiger partial charge in [0.15, 0.2) is 0 Å². The zero-order valence-corrected chi connectivity index (χ0v) is 13.9. The van der Waals surface area contributed by atoms with Crippen molar-refractivity contribution in [1.29, 1.82) is 0 Å².